The van der Waals surface area contributed by atoms with E-state index in [1.54, 1.807) is 12.1 Å². The number of rotatable bonds is 6. The average molecular weight is 424 g/mol. The number of halogens is 3. The number of benzene rings is 2. The normalized spacial score (nSPS) is 15.8. The standard InChI is InChI=1S/C20H19F3N2O5/c1-27-15-8-11(9-16(28-2)18(15)29-3)14-10-17(30-25-14)19(26)24-13-7-5-4-6-12(13)20(21,22)23/h4-9,17H,10H2,1-3H3,(H,24,26)/t17-/m0/s1. The molecule has 2 aromatic rings. The predicted octanol–water partition coefficient (Wildman–Crippen LogP) is 3.86. The lowest BCUT2D eigenvalue weighted by atomic mass is 10.0. The molecule has 3 rings (SSSR count). The fourth-order valence-electron chi connectivity index (χ4n) is 2.99. The summed E-state index contributed by atoms with van der Waals surface area (Å²) in [6.45, 7) is 0. The fourth-order valence-corrected chi connectivity index (χ4v) is 2.99. The smallest absolute Gasteiger partial charge is 0.418 e. The van der Waals surface area contributed by atoms with Crippen molar-refractivity contribution in [1.82, 2.24) is 0 Å². The maximum Gasteiger partial charge on any atom is 0.418 e. The Hall–Kier alpha value is -3.43. The Morgan fingerprint density at radius 2 is 1.73 bits per heavy atom. The van der Waals surface area contributed by atoms with E-state index in [4.69, 9.17) is 19.0 Å². The summed E-state index contributed by atoms with van der Waals surface area (Å²) in [6, 6.07) is 8.00. The molecule has 0 aliphatic carbocycles. The van der Waals surface area contributed by atoms with E-state index in [2.05, 4.69) is 10.5 Å². The van der Waals surface area contributed by atoms with Crippen LogP contribution in [-0.2, 0) is 15.8 Å². The molecule has 160 valence electrons. The number of methoxy groups -OCH3 is 3. The van der Waals surface area contributed by atoms with Gasteiger partial charge in [-0.25, -0.2) is 0 Å². The molecule has 0 radical (unpaired) electrons. The predicted molar refractivity (Wildman–Crippen MR) is 102 cm³/mol. The van der Waals surface area contributed by atoms with Crippen molar-refractivity contribution >= 4 is 17.3 Å². The highest BCUT2D eigenvalue weighted by atomic mass is 19.4. The zero-order valence-corrected chi connectivity index (χ0v) is 16.4. The molecule has 0 fully saturated rings. The highest BCUT2D eigenvalue weighted by Crippen LogP contribution is 2.39. The van der Waals surface area contributed by atoms with Crippen LogP contribution in [0.1, 0.15) is 17.5 Å². The number of para-hydroxylation sites is 1. The average Bonchev–Trinajstić information content (AvgIpc) is 3.22. The first-order chi connectivity index (χ1) is 14.3. The van der Waals surface area contributed by atoms with Crippen molar-refractivity contribution in [3.8, 4) is 17.2 Å². The van der Waals surface area contributed by atoms with E-state index in [9.17, 15) is 18.0 Å². The van der Waals surface area contributed by atoms with Gasteiger partial charge in [-0.3, -0.25) is 4.79 Å². The largest absolute Gasteiger partial charge is 0.493 e. The van der Waals surface area contributed by atoms with Crippen molar-refractivity contribution in [2.24, 2.45) is 5.16 Å². The molecular formula is C20H19F3N2O5. The topological polar surface area (TPSA) is 78.4 Å². The highest BCUT2D eigenvalue weighted by molar-refractivity contribution is 6.06. The summed E-state index contributed by atoms with van der Waals surface area (Å²) in [5, 5.41) is 6.18. The molecule has 1 aliphatic heterocycles. The summed E-state index contributed by atoms with van der Waals surface area (Å²) in [4.78, 5) is 17.6. The second-order valence-electron chi connectivity index (χ2n) is 6.28. The lowest BCUT2D eigenvalue weighted by molar-refractivity contribution is -0.137. The minimum atomic E-state index is -4.60. The van der Waals surface area contributed by atoms with Crippen molar-refractivity contribution in [3.63, 3.8) is 0 Å². The Morgan fingerprint density at radius 1 is 1.10 bits per heavy atom. The van der Waals surface area contributed by atoms with Gasteiger partial charge in [-0.2, -0.15) is 13.2 Å². The zero-order valence-electron chi connectivity index (χ0n) is 16.4. The van der Waals surface area contributed by atoms with Crippen molar-refractivity contribution in [2.75, 3.05) is 26.6 Å². The molecule has 7 nitrogen and oxygen atoms in total. The van der Waals surface area contributed by atoms with Crippen LogP contribution in [0.25, 0.3) is 0 Å². The molecule has 0 aromatic heterocycles. The number of oxime groups is 1. The van der Waals surface area contributed by atoms with E-state index in [1.165, 1.54) is 39.5 Å². The Kier molecular flexibility index (Phi) is 6.04. The molecule has 2 aromatic carbocycles. The molecule has 1 atom stereocenters. The van der Waals surface area contributed by atoms with Crippen molar-refractivity contribution in [3.05, 3.63) is 47.5 Å². The molecule has 0 unspecified atom stereocenters. The lowest BCUT2D eigenvalue weighted by Gasteiger charge is -2.15. The number of hydrogen-bond acceptors (Lipinski definition) is 6. The van der Waals surface area contributed by atoms with Crippen LogP contribution in [0.5, 0.6) is 17.2 Å². The number of carbonyl (C=O) groups excluding carboxylic acids is 1. The van der Waals surface area contributed by atoms with E-state index >= 15 is 0 Å². The highest BCUT2D eigenvalue weighted by Gasteiger charge is 2.35. The van der Waals surface area contributed by atoms with Gasteiger partial charge in [0.15, 0.2) is 11.5 Å². The minimum Gasteiger partial charge on any atom is -0.493 e. The van der Waals surface area contributed by atoms with Crippen molar-refractivity contribution in [2.45, 2.75) is 18.7 Å². The minimum absolute atomic E-state index is 0.0542. The molecule has 1 aliphatic rings. The third kappa shape index (κ3) is 4.27. The van der Waals surface area contributed by atoms with Gasteiger partial charge in [-0.15, -0.1) is 0 Å². The number of anilines is 1. The third-order valence-corrected chi connectivity index (χ3v) is 4.45. The Morgan fingerprint density at radius 3 is 2.30 bits per heavy atom. The first-order valence-electron chi connectivity index (χ1n) is 8.78. The number of carbonyl (C=O) groups is 1. The van der Waals surface area contributed by atoms with Gasteiger partial charge in [0.25, 0.3) is 5.91 Å². The lowest BCUT2D eigenvalue weighted by Crippen LogP contribution is -2.29. The maximum absolute atomic E-state index is 13.1. The number of nitrogens with one attached hydrogen (secondary N) is 1. The van der Waals surface area contributed by atoms with E-state index < -0.39 is 23.8 Å². The molecule has 30 heavy (non-hydrogen) atoms. The fraction of sp³-hybridized carbons (Fsp3) is 0.300. The van der Waals surface area contributed by atoms with Crippen LogP contribution in [0.2, 0.25) is 0 Å². The van der Waals surface area contributed by atoms with Crippen molar-refractivity contribution in [1.29, 1.82) is 0 Å². The molecule has 0 bridgehead atoms. The van der Waals surface area contributed by atoms with Gasteiger partial charge < -0.3 is 24.4 Å². The van der Waals surface area contributed by atoms with Gasteiger partial charge in [-0.05, 0) is 24.3 Å². The van der Waals surface area contributed by atoms with Crippen LogP contribution in [0.15, 0.2) is 41.6 Å². The van der Waals surface area contributed by atoms with Gasteiger partial charge in [0.2, 0.25) is 11.9 Å². The molecule has 0 saturated heterocycles. The van der Waals surface area contributed by atoms with Gasteiger partial charge >= 0.3 is 6.18 Å². The summed E-state index contributed by atoms with van der Waals surface area (Å²) in [5.41, 5.74) is -0.309. The second-order valence-corrected chi connectivity index (χ2v) is 6.28. The van der Waals surface area contributed by atoms with E-state index in [0.29, 0.717) is 28.5 Å². The molecule has 1 amide bonds. The molecule has 0 saturated carbocycles. The van der Waals surface area contributed by atoms with Crippen LogP contribution in [0.3, 0.4) is 0 Å². The Labute approximate surface area is 170 Å². The SMILES string of the molecule is COc1cc(C2=NO[C@H](C(=O)Nc3ccccc3C(F)(F)F)C2)cc(OC)c1OC. The van der Waals surface area contributed by atoms with Crippen LogP contribution >= 0.6 is 0 Å². The van der Waals surface area contributed by atoms with Gasteiger partial charge in [0.1, 0.15) is 0 Å². The Bertz CT molecular complexity index is 950. The Balaban J connectivity index is 1.77. The third-order valence-electron chi connectivity index (χ3n) is 4.45. The second kappa shape index (κ2) is 8.52. The van der Waals surface area contributed by atoms with Crippen LogP contribution in [0.4, 0.5) is 18.9 Å². The maximum atomic E-state index is 13.1. The molecular weight excluding hydrogens is 405 g/mol. The number of nitrogens with zero attached hydrogens (tertiary/aromatic N) is 1. The summed E-state index contributed by atoms with van der Waals surface area (Å²) in [5.74, 6) is 0.433. The molecule has 1 N–H and O–H groups in total. The summed E-state index contributed by atoms with van der Waals surface area (Å²) >= 11 is 0. The first kappa shape index (κ1) is 21.3. The van der Waals surface area contributed by atoms with E-state index in [1.807, 2.05) is 0 Å². The van der Waals surface area contributed by atoms with Gasteiger partial charge in [-0.1, -0.05) is 17.3 Å². The van der Waals surface area contributed by atoms with Crippen LogP contribution < -0.4 is 19.5 Å². The summed E-state index contributed by atoms with van der Waals surface area (Å²) in [6.07, 6.45) is -5.63. The summed E-state index contributed by atoms with van der Waals surface area (Å²) in [7, 11) is 4.39. The van der Waals surface area contributed by atoms with E-state index in [0.717, 1.165) is 6.07 Å². The van der Waals surface area contributed by atoms with Crippen LogP contribution in [0, 0.1) is 0 Å². The van der Waals surface area contributed by atoms with E-state index in [-0.39, 0.29) is 12.1 Å². The first-order valence-corrected chi connectivity index (χ1v) is 8.78. The van der Waals surface area contributed by atoms with Crippen molar-refractivity contribution < 1.29 is 37.0 Å². The summed E-state index contributed by atoms with van der Waals surface area (Å²) < 4.78 is 55.2. The van der Waals surface area contributed by atoms with Crippen LogP contribution in [-0.4, -0.2) is 39.1 Å². The molecule has 0 spiro atoms. The number of alkyl halides is 3. The quantitative estimate of drug-likeness (QED) is 0.762. The number of amides is 1. The van der Waals surface area contributed by atoms with Gasteiger partial charge in [0, 0.05) is 12.0 Å². The van der Waals surface area contributed by atoms with Gasteiger partial charge in [0.05, 0.1) is 38.3 Å². The number of ether oxygens (including phenoxy) is 3. The zero-order chi connectivity index (χ0) is 21.9. The monoisotopic (exact) mass is 424 g/mol. The number of hydrogen-bond donors (Lipinski definition) is 1. The molecule has 1 heterocycles. The molecule has 10 heteroatoms.